The molecular weight excluding hydrogens is 502 g/mol. The zero-order chi connectivity index (χ0) is 27.3. The highest BCUT2D eigenvalue weighted by Gasteiger charge is 2.24. The number of imidazole rings is 1. The molecule has 2 N–H and O–H groups in total. The van der Waals surface area contributed by atoms with Crippen molar-refractivity contribution in [1.29, 1.82) is 0 Å². The zero-order valence-corrected chi connectivity index (χ0v) is 23.1. The number of carbonyl (C=O) groups is 2. The van der Waals surface area contributed by atoms with Crippen molar-refractivity contribution in [2.24, 2.45) is 0 Å². The van der Waals surface area contributed by atoms with E-state index in [-0.39, 0.29) is 12.5 Å². The number of thiazole rings is 1. The Balaban J connectivity index is 1.37. The molecule has 0 fully saturated rings. The molecular formula is C27H33N7O3S. The Bertz CT molecular complexity index is 1360. The smallest absolute Gasteiger partial charge is 0.410 e. The molecule has 4 aromatic rings. The van der Waals surface area contributed by atoms with Gasteiger partial charge < -0.3 is 24.8 Å². The predicted molar refractivity (Wildman–Crippen MR) is 148 cm³/mol. The highest BCUT2D eigenvalue weighted by molar-refractivity contribution is 7.09. The van der Waals surface area contributed by atoms with Crippen molar-refractivity contribution in [3.63, 3.8) is 0 Å². The standard InChI is InChI=1S/C27H33N7O3S/c1-27(2,3)37-26(36)34(16-22-30-19-8-6-7-9-20(19)31-22)13-12-24-32-21(17-38-24)25(35)29-15-18-10-11-23(28-14-18)33(4)5/h6-11,14,17H,12-13,15-16H2,1-5H3,(H,29,35)(H,30,31). The number of anilines is 1. The van der Waals surface area contributed by atoms with Gasteiger partial charge in [-0.05, 0) is 44.5 Å². The van der Waals surface area contributed by atoms with Crippen LogP contribution in [0.2, 0.25) is 0 Å². The van der Waals surface area contributed by atoms with E-state index in [1.807, 2.05) is 76.2 Å². The highest BCUT2D eigenvalue weighted by Crippen LogP contribution is 2.17. The number of pyridine rings is 1. The average molecular weight is 536 g/mol. The number of aromatic nitrogens is 4. The van der Waals surface area contributed by atoms with Gasteiger partial charge in [-0.25, -0.2) is 19.7 Å². The third-order valence-electron chi connectivity index (χ3n) is 5.53. The summed E-state index contributed by atoms with van der Waals surface area (Å²) in [6, 6.07) is 11.6. The fraction of sp³-hybridized carbons (Fsp3) is 0.370. The van der Waals surface area contributed by atoms with Crippen LogP contribution >= 0.6 is 11.3 Å². The molecule has 38 heavy (non-hydrogen) atoms. The minimum atomic E-state index is -0.627. The molecule has 2 amide bonds. The van der Waals surface area contributed by atoms with Gasteiger partial charge in [0.25, 0.3) is 5.91 Å². The summed E-state index contributed by atoms with van der Waals surface area (Å²) in [5, 5.41) is 5.37. The Hall–Kier alpha value is -3.99. The Morgan fingerprint density at radius 1 is 1.11 bits per heavy atom. The maximum absolute atomic E-state index is 13.0. The van der Waals surface area contributed by atoms with E-state index in [9.17, 15) is 9.59 Å². The van der Waals surface area contributed by atoms with Crippen molar-refractivity contribution in [1.82, 2.24) is 30.2 Å². The number of hydrogen-bond acceptors (Lipinski definition) is 8. The van der Waals surface area contributed by atoms with Crippen LogP contribution in [0.5, 0.6) is 0 Å². The van der Waals surface area contributed by atoms with Crippen LogP contribution in [0, 0.1) is 0 Å². The van der Waals surface area contributed by atoms with E-state index in [4.69, 9.17) is 4.74 Å². The quantitative estimate of drug-likeness (QED) is 0.326. The molecule has 0 atom stereocenters. The van der Waals surface area contributed by atoms with Gasteiger partial charge in [0.1, 0.15) is 22.9 Å². The lowest BCUT2D eigenvalue weighted by molar-refractivity contribution is 0.0231. The number of ether oxygens (including phenoxy) is 1. The van der Waals surface area contributed by atoms with Crippen molar-refractivity contribution in [3.8, 4) is 0 Å². The zero-order valence-electron chi connectivity index (χ0n) is 22.3. The molecule has 0 aliphatic heterocycles. The fourth-order valence-electron chi connectivity index (χ4n) is 3.64. The van der Waals surface area contributed by atoms with Crippen LogP contribution in [0.1, 0.15) is 47.7 Å². The third kappa shape index (κ3) is 7.28. The average Bonchev–Trinajstić information content (AvgIpc) is 3.51. The van der Waals surface area contributed by atoms with E-state index in [1.54, 1.807) is 16.5 Å². The lowest BCUT2D eigenvalue weighted by Gasteiger charge is -2.26. The van der Waals surface area contributed by atoms with Gasteiger partial charge in [0.2, 0.25) is 0 Å². The van der Waals surface area contributed by atoms with E-state index in [1.165, 1.54) is 11.3 Å². The summed E-state index contributed by atoms with van der Waals surface area (Å²) in [5.41, 5.74) is 2.37. The van der Waals surface area contributed by atoms with Crippen molar-refractivity contribution < 1.29 is 14.3 Å². The first kappa shape index (κ1) is 27.1. The molecule has 1 aromatic carbocycles. The molecule has 0 bridgehead atoms. The van der Waals surface area contributed by atoms with Crippen molar-refractivity contribution in [2.45, 2.75) is 45.9 Å². The van der Waals surface area contributed by atoms with Gasteiger partial charge in [0.05, 0.1) is 22.6 Å². The van der Waals surface area contributed by atoms with Crippen LogP contribution in [0.3, 0.4) is 0 Å². The number of H-pyrrole nitrogens is 1. The minimum absolute atomic E-state index is 0.254. The van der Waals surface area contributed by atoms with E-state index in [2.05, 4.69) is 25.3 Å². The minimum Gasteiger partial charge on any atom is -0.444 e. The van der Waals surface area contributed by atoms with Crippen LogP contribution < -0.4 is 10.2 Å². The normalized spacial score (nSPS) is 11.4. The molecule has 0 saturated heterocycles. The SMILES string of the molecule is CN(C)c1ccc(CNC(=O)c2csc(CCN(Cc3nc4ccccc4[nH]3)C(=O)OC(C)(C)C)n2)cn1. The monoisotopic (exact) mass is 535 g/mol. The van der Waals surface area contributed by atoms with Crippen molar-refractivity contribution in [3.05, 3.63) is 70.1 Å². The molecule has 3 heterocycles. The van der Waals surface area contributed by atoms with Crippen LogP contribution in [0.25, 0.3) is 11.0 Å². The van der Waals surface area contributed by atoms with E-state index in [0.29, 0.717) is 31.0 Å². The van der Waals surface area contributed by atoms with Gasteiger partial charge in [-0.3, -0.25) is 4.79 Å². The third-order valence-corrected chi connectivity index (χ3v) is 6.44. The van der Waals surface area contributed by atoms with Gasteiger partial charge in [-0.1, -0.05) is 18.2 Å². The number of amides is 2. The predicted octanol–water partition coefficient (Wildman–Crippen LogP) is 4.39. The number of hydrogen-bond donors (Lipinski definition) is 2. The van der Waals surface area contributed by atoms with Gasteiger partial charge in [0.15, 0.2) is 0 Å². The molecule has 0 saturated carbocycles. The molecule has 200 valence electrons. The number of para-hydroxylation sites is 2. The Morgan fingerprint density at radius 3 is 2.58 bits per heavy atom. The summed E-state index contributed by atoms with van der Waals surface area (Å²) in [7, 11) is 3.85. The first-order valence-electron chi connectivity index (χ1n) is 12.3. The van der Waals surface area contributed by atoms with Gasteiger partial charge in [-0.15, -0.1) is 11.3 Å². The number of aromatic amines is 1. The second-order valence-corrected chi connectivity index (χ2v) is 11.0. The number of fused-ring (bicyclic) bond motifs is 1. The first-order chi connectivity index (χ1) is 18.1. The van der Waals surface area contributed by atoms with Gasteiger partial charge in [0, 0.05) is 45.2 Å². The Kier molecular flexibility index (Phi) is 8.26. The maximum Gasteiger partial charge on any atom is 0.410 e. The van der Waals surface area contributed by atoms with Crippen LogP contribution in [-0.4, -0.2) is 63.1 Å². The molecule has 10 nitrogen and oxygen atoms in total. The summed E-state index contributed by atoms with van der Waals surface area (Å²) in [5.74, 6) is 1.27. The summed E-state index contributed by atoms with van der Waals surface area (Å²) >= 11 is 1.39. The largest absolute Gasteiger partial charge is 0.444 e. The van der Waals surface area contributed by atoms with Crippen LogP contribution in [0.15, 0.2) is 48.0 Å². The number of benzene rings is 1. The molecule has 0 aliphatic carbocycles. The Labute approximate surface area is 226 Å². The molecule has 11 heteroatoms. The first-order valence-corrected chi connectivity index (χ1v) is 13.2. The number of nitrogens with one attached hydrogen (secondary N) is 2. The molecule has 0 aliphatic rings. The van der Waals surface area contributed by atoms with Crippen molar-refractivity contribution in [2.75, 3.05) is 25.5 Å². The molecule has 0 radical (unpaired) electrons. The van der Waals surface area contributed by atoms with E-state index < -0.39 is 11.7 Å². The van der Waals surface area contributed by atoms with E-state index in [0.717, 1.165) is 27.4 Å². The summed E-state index contributed by atoms with van der Waals surface area (Å²) in [6.45, 7) is 6.50. The summed E-state index contributed by atoms with van der Waals surface area (Å²) in [6.07, 6.45) is 1.80. The topological polar surface area (TPSA) is 116 Å². The molecule has 3 aromatic heterocycles. The summed E-state index contributed by atoms with van der Waals surface area (Å²) < 4.78 is 5.63. The van der Waals surface area contributed by atoms with Crippen LogP contribution in [0.4, 0.5) is 10.6 Å². The number of carbonyl (C=O) groups excluding carboxylic acids is 2. The maximum atomic E-state index is 13.0. The van der Waals surface area contributed by atoms with Crippen molar-refractivity contribution >= 4 is 40.2 Å². The number of rotatable bonds is 9. The van der Waals surface area contributed by atoms with Gasteiger partial charge >= 0.3 is 6.09 Å². The van der Waals surface area contributed by atoms with Crippen LogP contribution in [-0.2, 0) is 24.2 Å². The molecule has 0 unspecified atom stereocenters. The lowest BCUT2D eigenvalue weighted by Crippen LogP contribution is -2.37. The second-order valence-electron chi connectivity index (χ2n) is 10.1. The van der Waals surface area contributed by atoms with E-state index >= 15 is 0 Å². The lowest BCUT2D eigenvalue weighted by atomic mass is 10.2. The summed E-state index contributed by atoms with van der Waals surface area (Å²) in [4.78, 5) is 45.8. The highest BCUT2D eigenvalue weighted by atomic mass is 32.1. The fourth-order valence-corrected chi connectivity index (χ4v) is 4.41. The molecule has 4 rings (SSSR count). The Morgan fingerprint density at radius 2 is 1.89 bits per heavy atom. The number of nitrogens with zero attached hydrogens (tertiary/aromatic N) is 5. The second kappa shape index (κ2) is 11.6. The molecule has 0 spiro atoms. The van der Waals surface area contributed by atoms with Gasteiger partial charge in [-0.2, -0.15) is 0 Å².